The van der Waals surface area contributed by atoms with E-state index in [0.29, 0.717) is 43.3 Å². The van der Waals surface area contributed by atoms with Crippen molar-refractivity contribution in [3.63, 3.8) is 0 Å². The van der Waals surface area contributed by atoms with E-state index in [1.807, 2.05) is 0 Å². The lowest BCUT2D eigenvalue weighted by molar-refractivity contribution is -0.135. The molecule has 1 fully saturated rings. The molecule has 1 aliphatic rings. The number of methoxy groups -OCH3 is 1. The van der Waals surface area contributed by atoms with Crippen LogP contribution in [0, 0.1) is 0 Å². The van der Waals surface area contributed by atoms with E-state index in [2.05, 4.69) is 0 Å². The number of amides is 2. The lowest BCUT2D eigenvalue weighted by Crippen LogP contribution is -2.51. The van der Waals surface area contributed by atoms with Crippen molar-refractivity contribution in [1.82, 2.24) is 9.80 Å². The van der Waals surface area contributed by atoms with Gasteiger partial charge in [0.1, 0.15) is 0 Å². The first-order chi connectivity index (χ1) is 11.0. The molecule has 126 valence electrons. The van der Waals surface area contributed by atoms with Gasteiger partial charge in [0.25, 0.3) is 5.91 Å². The molecule has 2 amide bonds. The number of nitrogens with two attached hydrogens (primary N) is 1. The van der Waals surface area contributed by atoms with Crippen molar-refractivity contribution in [2.24, 2.45) is 5.73 Å². The highest BCUT2D eigenvalue weighted by molar-refractivity contribution is 6.30. The van der Waals surface area contributed by atoms with Gasteiger partial charge in [-0.15, -0.1) is 0 Å². The maximum atomic E-state index is 12.4. The molecule has 1 unspecified atom stereocenters. The summed E-state index contributed by atoms with van der Waals surface area (Å²) in [5.41, 5.74) is 6.15. The Kier molecular flexibility index (Phi) is 6.38. The predicted octanol–water partition coefficient (Wildman–Crippen LogP) is 0.988. The topological polar surface area (TPSA) is 75.9 Å². The van der Waals surface area contributed by atoms with E-state index in [9.17, 15) is 9.59 Å². The second-order valence-corrected chi connectivity index (χ2v) is 5.91. The molecule has 2 N–H and O–H groups in total. The molecular weight excluding hydrogens is 318 g/mol. The maximum Gasteiger partial charge on any atom is 0.253 e. The molecule has 0 radical (unpaired) electrons. The van der Waals surface area contributed by atoms with E-state index in [1.165, 1.54) is 0 Å². The second kappa shape index (κ2) is 8.29. The number of hydrogen-bond acceptors (Lipinski definition) is 4. The SMILES string of the molecule is COC(CN)CC(=O)N1CCN(C(=O)c2ccc(Cl)cc2)CC1. The number of rotatable bonds is 5. The standard InChI is InChI=1S/C16H22ClN3O3/c1-23-14(11-18)10-15(21)19-6-8-20(9-7-19)16(22)12-2-4-13(17)5-3-12/h2-5,14H,6-11,18H2,1H3. The fourth-order valence-corrected chi connectivity index (χ4v) is 2.65. The number of carbonyl (C=O) groups excluding carboxylic acids is 2. The van der Waals surface area contributed by atoms with Crippen LogP contribution in [0.15, 0.2) is 24.3 Å². The van der Waals surface area contributed by atoms with Crippen LogP contribution in [-0.2, 0) is 9.53 Å². The van der Waals surface area contributed by atoms with Crippen molar-refractivity contribution < 1.29 is 14.3 Å². The van der Waals surface area contributed by atoms with Gasteiger partial charge in [-0.1, -0.05) is 11.6 Å². The van der Waals surface area contributed by atoms with Gasteiger partial charge in [-0.25, -0.2) is 0 Å². The van der Waals surface area contributed by atoms with Gasteiger partial charge in [0.05, 0.1) is 12.5 Å². The Morgan fingerprint density at radius 3 is 2.26 bits per heavy atom. The number of ether oxygens (including phenoxy) is 1. The van der Waals surface area contributed by atoms with E-state index in [4.69, 9.17) is 22.1 Å². The summed E-state index contributed by atoms with van der Waals surface area (Å²) in [6.07, 6.45) is 0.0224. The Balaban J connectivity index is 1.87. The monoisotopic (exact) mass is 339 g/mol. The summed E-state index contributed by atoms with van der Waals surface area (Å²) in [7, 11) is 1.55. The quantitative estimate of drug-likeness (QED) is 0.868. The summed E-state index contributed by atoms with van der Waals surface area (Å²) in [5, 5.41) is 0.601. The van der Waals surface area contributed by atoms with E-state index in [1.54, 1.807) is 41.2 Å². The highest BCUT2D eigenvalue weighted by Crippen LogP contribution is 2.13. The van der Waals surface area contributed by atoms with E-state index in [0.717, 1.165) is 0 Å². The van der Waals surface area contributed by atoms with Gasteiger partial charge in [-0.2, -0.15) is 0 Å². The molecule has 23 heavy (non-hydrogen) atoms. The lowest BCUT2D eigenvalue weighted by atomic mass is 10.1. The first-order valence-electron chi connectivity index (χ1n) is 7.60. The van der Waals surface area contributed by atoms with Gasteiger partial charge in [0.15, 0.2) is 0 Å². The van der Waals surface area contributed by atoms with Crippen LogP contribution in [-0.4, -0.2) is 67.6 Å². The van der Waals surface area contributed by atoms with Crippen molar-refractivity contribution in [3.8, 4) is 0 Å². The number of carbonyl (C=O) groups is 2. The predicted molar refractivity (Wildman–Crippen MR) is 88.4 cm³/mol. The summed E-state index contributed by atoms with van der Waals surface area (Å²) in [4.78, 5) is 28.1. The Morgan fingerprint density at radius 2 is 1.74 bits per heavy atom. The van der Waals surface area contributed by atoms with Crippen molar-refractivity contribution in [2.75, 3.05) is 39.8 Å². The van der Waals surface area contributed by atoms with E-state index >= 15 is 0 Å². The minimum atomic E-state index is -0.253. The maximum absolute atomic E-state index is 12.4. The minimum absolute atomic E-state index is 0.0147. The molecule has 1 aromatic carbocycles. The van der Waals surface area contributed by atoms with Crippen LogP contribution >= 0.6 is 11.6 Å². The van der Waals surface area contributed by atoms with E-state index in [-0.39, 0.29) is 24.3 Å². The third-order valence-electron chi connectivity index (χ3n) is 4.01. The molecule has 1 atom stereocenters. The number of halogens is 1. The number of hydrogen-bond donors (Lipinski definition) is 1. The molecule has 2 rings (SSSR count). The van der Waals surface area contributed by atoms with Crippen molar-refractivity contribution in [3.05, 3.63) is 34.9 Å². The zero-order chi connectivity index (χ0) is 16.8. The zero-order valence-electron chi connectivity index (χ0n) is 13.2. The third-order valence-corrected chi connectivity index (χ3v) is 4.26. The molecular formula is C16H22ClN3O3. The number of nitrogens with zero attached hydrogens (tertiary/aromatic N) is 2. The van der Waals surface area contributed by atoms with Gasteiger partial charge in [0, 0.05) is 50.4 Å². The average molecular weight is 340 g/mol. The Hall–Kier alpha value is -1.63. The van der Waals surface area contributed by atoms with Crippen LogP contribution in [0.2, 0.25) is 5.02 Å². The van der Waals surface area contributed by atoms with Crippen molar-refractivity contribution >= 4 is 23.4 Å². The molecule has 0 bridgehead atoms. The van der Waals surface area contributed by atoms with Gasteiger partial charge in [-0.05, 0) is 24.3 Å². The fraction of sp³-hybridized carbons (Fsp3) is 0.500. The van der Waals surface area contributed by atoms with Crippen molar-refractivity contribution in [1.29, 1.82) is 0 Å². The fourth-order valence-electron chi connectivity index (χ4n) is 2.52. The molecule has 0 spiro atoms. The van der Waals surface area contributed by atoms with Crippen LogP contribution in [0.3, 0.4) is 0 Å². The van der Waals surface area contributed by atoms with Crippen LogP contribution in [0.4, 0.5) is 0 Å². The highest BCUT2D eigenvalue weighted by atomic mass is 35.5. The Bertz CT molecular complexity index is 538. The first kappa shape index (κ1) is 17.7. The van der Waals surface area contributed by atoms with E-state index < -0.39 is 0 Å². The molecule has 0 aliphatic carbocycles. The molecule has 1 aliphatic heterocycles. The first-order valence-corrected chi connectivity index (χ1v) is 7.98. The number of piperazine rings is 1. The molecule has 1 heterocycles. The molecule has 7 heteroatoms. The lowest BCUT2D eigenvalue weighted by Gasteiger charge is -2.35. The smallest absolute Gasteiger partial charge is 0.253 e. The molecule has 1 saturated heterocycles. The molecule has 0 saturated carbocycles. The van der Waals surface area contributed by atoms with Gasteiger partial charge in [0.2, 0.25) is 5.91 Å². The summed E-state index contributed by atoms with van der Waals surface area (Å²) in [6.45, 7) is 2.41. The van der Waals surface area contributed by atoms with Crippen LogP contribution in [0.25, 0.3) is 0 Å². The Morgan fingerprint density at radius 1 is 1.17 bits per heavy atom. The third kappa shape index (κ3) is 4.67. The number of benzene rings is 1. The summed E-state index contributed by atoms with van der Waals surface area (Å²) < 4.78 is 5.14. The summed E-state index contributed by atoms with van der Waals surface area (Å²) in [6, 6.07) is 6.83. The largest absolute Gasteiger partial charge is 0.380 e. The van der Waals surface area contributed by atoms with Gasteiger partial charge in [-0.3, -0.25) is 9.59 Å². The normalized spacial score (nSPS) is 16.3. The average Bonchev–Trinajstić information content (AvgIpc) is 2.59. The van der Waals surface area contributed by atoms with Gasteiger partial charge >= 0.3 is 0 Å². The van der Waals surface area contributed by atoms with Gasteiger partial charge < -0.3 is 20.3 Å². The minimum Gasteiger partial charge on any atom is -0.380 e. The van der Waals surface area contributed by atoms with Crippen LogP contribution < -0.4 is 5.73 Å². The molecule has 6 nitrogen and oxygen atoms in total. The second-order valence-electron chi connectivity index (χ2n) is 5.48. The summed E-state index contributed by atoms with van der Waals surface area (Å²) in [5.74, 6) is -0.0219. The van der Waals surface area contributed by atoms with Crippen LogP contribution in [0.5, 0.6) is 0 Å². The molecule has 1 aromatic rings. The summed E-state index contributed by atoms with van der Waals surface area (Å²) >= 11 is 5.83. The van der Waals surface area contributed by atoms with Crippen molar-refractivity contribution in [2.45, 2.75) is 12.5 Å². The molecule has 0 aromatic heterocycles. The zero-order valence-corrected chi connectivity index (χ0v) is 14.0. The van der Waals surface area contributed by atoms with Crippen LogP contribution in [0.1, 0.15) is 16.8 Å². The highest BCUT2D eigenvalue weighted by Gasteiger charge is 2.26. The Labute approximate surface area is 141 Å².